The van der Waals surface area contributed by atoms with Crippen molar-refractivity contribution in [3.63, 3.8) is 0 Å². The highest BCUT2D eigenvalue weighted by atomic mass is 32.1. The average molecular weight is 339 g/mol. The fraction of sp³-hybridized carbons (Fsp3) is 0. The van der Waals surface area contributed by atoms with Crippen molar-refractivity contribution in [1.29, 1.82) is 0 Å². The van der Waals surface area contributed by atoms with Gasteiger partial charge in [0.25, 0.3) is 5.69 Å². The van der Waals surface area contributed by atoms with Crippen LogP contribution in [0.2, 0.25) is 0 Å². The van der Waals surface area contributed by atoms with E-state index >= 15 is 0 Å². The number of hydrogen-bond acceptors (Lipinski definition) is 7. The van der Waals surface area contributed by atoms with Crippen LogP contribution in [0.1, 0.15) is 5.56 Å². The first kappa shape index (κ1) is 15.6. The lowest BCUT2D eigenvalue weighted by atomic mass is 10.1. The molecule has 0 atom stereocenters. The second-order valence-electron chi connectivity index (χ2n) is 4.84. The van der Waals surface area contributed by atoms with E-state index in [2.05, 4.69) is 15.5 Å². The largest absolute Gasteiger partial charge is 0.398 e. The molecule has 0 aliphatic rings. The lowest BCUT2D eigenvalue weighted by molar-refractivity contribution is -0.384. The molecule has 3 aromatic rings. The van der Waals surface area contributed by atoms with Gasteiger partial charge in [-0.25, -0.2) is 4.98 Å². The maximum absolute atomic E-state index is 10.8. The number of rotatable bonds is 5. The Labute approximate surface area is 141 Å². The van der Waals surface area contributed by atoms with Crippen molar-refractivity contribution in [3.8, 4) is 11.3 Å². The van der Waals surface area contributed by atoms with E-state index in [1.165, 1.54) is 23.5 Å². The van der Waals surface area contributed by atoms with Crippen LogP contribution in [0.4, 0.5) is 16.5 Å². The molecule has 24 heavy (non-hydrogen) atoms. The summed E-state index contributed by atoms with van der Waals surface area (Å²) in [4.78, 5) is 14.8. The quantitative estimate of drug-likeness (QED) is 0.319. The minimum absolute atomic E-state index is 0.0348. The van der Waals surface area contributed by atoms with Gasteiger partial charge < -0.3 is 5.73 Å². The van der Waals surface area contributed by atoms with E-state index in [1.54, 1.807) is 24.4 Å². The Morgan fingerprint density at radius 1 is 1.25 bits per heavy atom. The number of nitrogens with two attached hydrogens (primary N) is 1. The summed E-state index contributed by atoms with van der Waals surface area (Å²) in [5.41, 5.74) is 11.5. The van der Waals surface area contributed by atoms with E-state index in [1.807, 2.05) is 23.6 Å². The second-order valence-corrected chi connectivity index (χ2v) is 5.70. The Kier molecular flexibility index (Phi) is 4.48. The molecule has 1 heterocycles. The van der Waals surface area contributed by atoms with E-state index in [0.717, 1.165) is 5.56 Å². The van der Waals surface area contributed by atoms with E-state index in [9.17, 15) is 10.1 Å². The summed E-state index contributed by atoms with van der Waals surface area (Å²) < 4.78 is 0. The summed E-state index contributed by atoms with van der Waals surface area (Å²) in [7, 11) is 0. The molecule has 2 aromatic carbocycles. The van der Waals surface area contributed by atoms with Crippen LogP contribution in [-0.4, -0.2) is 16.1 Å². The molecule has 0 spiro atoms. The van der Waals surface area contributed by atoms with Crippen molar-refractivity contribution < 1.29 is 4.92 Å². The predicted molar refractivity (Wildman–Crippen MR) is 96.3 cm³/mol. The minimum atomic E-state index is -0.427. The first-order valence-corrected chi connectivity index (χ1v) is 7.85. The normalized spacial score (nSPS) is 10.8. The molecule has 0 saturated carbocycles. The average Bonchev–Trinajstić information content (AvgIpc) is 3.06. The van der Waals surface area contributed by atoms with Gasteiger partial charge in [0.05, 0.1) is 16.8 Å². The monoisotopic (exact) mass is 339 g/mol. The maximum Gasteiger partial charge on any atom is 0.270 e. The van der Waals surface area contributed by atoms with Crippen LogP contribution >= 0.6 is 11.3 Å². The summed E-state index contributed by atoms with van der Waals surface area (Å²) in [5.74, 6) is 0. The number of non-ortho nitro benzene ring substituents is 1. The SMILES string of the molecule is Nc1ccccc1C=NNc1nc(-c2cccc([N+](=O)[O-])c2)cs1. The number of nitrogens with one attached hydrogen (secondary N) is 1. The van der Waals surface area contributed by atoms with Gasteiger partial charge in [-0.1, -0.05) is 30.3 Å². The predicted octanol–water partition coefficient (Wildman–Crippen LogP) is 3.75. The molecule has 0 bridgehead atoms. The number of nitro benzene ring substituents is 1. The molecule has 120 valence electrons. The van der Waals surface area contributed by atoms with Crippen molar-refractivity contribution in [2.75, 3.05) is 11.2 Å². The highest BCUT2D eigenvalue weighted by Crippen LogP contribution is 2.27. The zero-order valence-corrected chi connectivity index (χ0v) is 13.2. The fourth-order valence-corrected chi connectivity index (χ4v) is 2.69. The third-order valence-electron chi connectivity index (χ3n) is 3.22. The van der Waals surface area contributed by atoms with Crippen LogP contribution in [0.3, 0.4) is 0 Å². The molecule has 8 heteroatoms. The molecule has 0 fully saturated rings. The molecule has 3 N–H and O–H groups in total. The number of benzene rings is 2. The molecular formula is C16H13N5O2S. The standard InChI is InChI=1S/C16H13N5O2S/c17-14-7-2-1-4-12(14)9-18-20-16-19-15(10-24-16)11-5-3-6-13(8-11)21(22)23/h1-10H,17H2,(H,19,20). The number of aromatic nitrogens is 1. The molecule has 7 nitrogen and oxygen atoms in total. The third kappa shape index (κ3) is 3.55. The van der Waals surface area contributed by atoms with Crippen LogP contribution in [0, 0.1) is 10.1 Å². The summed E-state index contributed by atoms with van der Waals surface area (Å²) >= 11 is 1.36. The highest BCUT2D eigenvalue weighted by Gasteiger charge is 2.09. The fourth-order valence-electron chi connectivity index (χ4n) is 2.02. The molecule has 0 radical (unpaired) electrons. The first-order valence-electron chi connectivity index (χ1n) is 6.97. The molecule has 0 unspecified atom stereocenters. The summed E-state index contributed by atoms with van der Waals surface area (Å²) in [6.07, 6.45) is 1.61. The number of hydrazone groups is 1. The van der Waals surface area contributed by atoms with Crippen LogP contribution < -0.4 is 11.2 Å². The summed E-state index contributed by atoms with van der Waals surface area (Å²) in [5, 5.41) is 17.3. The Morgan fingerprint density at radius 3 is 2.88 bits per heavy atom. The Morgan fingerprint density at radius 2 is 2.08 bits per heavy atom. The van der Waals surface area contributed by atoms with Crippen molar-refractivity contribution in [2.24, 2.45) is 5.10 Å². The van der Waals surface area contributed by atoms with E-state index in [0.29, 0.717) is 22.1 Å². The number of hydrogen-bond donors (Lipinski definition) is 2. The van der Waals surface area contributed by atoms with Crippen LogP contribution in [0.15, 0.2) is 59.0 Å². The lowest BCUT2D eigenvalue weighted by Crippen LogP contribution is -1.94. The van der Waals surface area contributed by atoms with E-state index < -0.39 is 4.92 Å². The molecule has 1 aromatic heterocycles. The zero-order chi connectivity index (χ0) is 16.9. The van der Waals surface area contributed by atoms with Gasteiger partial charge in [-0.3, -0.25) is 15.5 Å². The molecule has 0 aliphatic heterocycles. The van der Waals surface area contributed by atoms with Crippen LogP contribution in [0.5, 0.6) is 0 Å². The maximum atomic E-state index is 10.8. The minimum Gasteiger partial charge on any atom is -0.398 e. The van der Waals surface area contributed by atoms with Gasteiger partial charge in [-0.2, -0.15) is 5.10 Å². The Balaban J connectivity index is 1.73. The third-order valence-corrected chi connectivity index (χ3v) is 3.96. The number of nitrogens with zero attached hydrogens (tertiary/aromatic N) is 3. The van der Waals surface area contributed by atoms with Crippen molar-refractivity contribution in [3.05, 3.63) is 69.6 Å². The number of nitrogen functional groups attached to an aromatic ring is 1. The van der Waals surface area contributed by atoms with Crippen molar-refractivity contribution >= 4 is 34.1 Å². The smallest absolute Gasteiger partial charge is 0.270 e. The topological polar surface area (TPSA) is 106 Å². The summed E-state index contributed by atoms with van der Waals surface area (Å²) in [6, 6.07) is 13.7. The molecule has 0 saturated heterocycles. The van der Waals surface area contributed by atoms with Gasteiger partial charge in [0.15, 0.2) is 0 Å². The highest BCUT2D eigenvalue weighted by molar-refractivity contribution is 7.14. The zero-order valence-electron chi connectivity index (χ0n) is 12.4. The number of thiazole rings is 1. The molecule has 3 rings (SSSR count). The second kappa shape index (κ2) is 6.88. The van der Waals surface area contributed by atoms with Gasteiger partial charge in [-0.05, 0) is 6.07 Å². The van der Waals surface area contributed by atoms with Crippen LogP contribution in [0.25, 0.3) is 11.3 Å². The lowest BCUT2D eigenvalue weighted by Gasteiger charge is -1.98. The van der Waals surface area contributed by atoms with Gasteiger partial charge in [-0.15, -0.1) is 11.3 Å². The Bertz CT molecular complexity index is 907. The molecule has 0 amide bonds. The van der Waals surface area contributed by atoms with Crippen LogP contribution in [-0.2, 0) is 0 Å². The number of para-hydroxylation sites is 1. The van der Waals surface area contributed by atoms with Gasteiger partial charge in [0, 0.05) is 34.3 Å². The van der Waals surface area contributed by atoms with Gasteiger partial charge in [0.2, 0.25) is 5.13 Å². The van der Waals surface area contributed by atoms with Gasteiger partial charge >= 0.3 is 0 Å². The first-order chi connectivity index (χ1) is 11.6. The molecular weight excluding hydrogens is 326 g/mol. The Hall–Kier alpha value is -3.26. The van der Waals surface area contributed by atoms with Gasteiger partial charge in [0.1, 0.15) is 0 Å². The van der Waals surface area contributed by atoms with Crippen molar-refractivity contribution in [1.82, 2.24) is 4.98 Å². The van der Waals surface area contributed by atoms with E-state index in [-0.39, 0.29) is 5.69 Å². The van der Waals surface area contributed by atoms with Crippen molar-refractivity contribution in [2.45, 2.75) is 0 Å². The summed E-state index contributed by atoms with van der Waals surface area (Å²) in [6.45, 7) is 0. The van der Waals surface area contributed by atoms with E-state index in [4.69, 9.17) is 5.73 Å². The molecule has 0 aliphatic carbocycles. The number of anilines is 2. The number of nitro groups is 1.